The SMILES string of the molecule is CC(Sc1nnc(-c2ccccc2)n1-c1ccc(F)cc1)C(=O)NCCc1cccs1. The maximum Gasteiger partial charge on any atom is 0.233 e. The number of rotatable bonds is 8. The summed E-state index contributed by atoms with van der Waals surface area (Å²) in [5, 5.41) is 13.9. The molecule has 0 aliphatic heterocycles. The molecular weight excluding hydrogens is 431 g/mol. The van der Waals surface area contributed by atoms with Gasteiger partial charge in [-0.05, 0) is 49.1 Å². The summed E-state index contributed by atoms with van der Waals surface area (Å²) >= 11 is 3.01. The fourth-order valence-electron chi connectivity index (χ4n) is 3.06. The molecule has 0 radical (unpaired) electrons. The van der Waals surface area contributed by atoms with E-state index >= 15 is 0 Å². The van der Waals surface area contributed by atoms with Crippen molar-refractivity contribution in [2.24, 2.45) is 0 Å². The molecule has 158 valence electrons. The molecule has 0 fully saturated rings. The number of carbonyl (C=O) groups is 1. The van der Waals surface area contributed by atoms with Gasteiger partial charge < -0.3 is 5.32 Å². The number of hydrogen-bond donors (Lipinski definition) is 1. The van der Waals surface area contributed by atoms with E-state index in [1.165, 1.54) is 28.8 Å². The molecule has 1 unspecified atom stereocenters. The first kappa shape index (κ1) is 21.3. The number of halogens is 1. The number of hydrogen-bond acceptors (Lipinski definition) is 5. The average Bonchev–Trinajstić information content (AvgIpc) is 3.45. The Labute approximate surface area is 188 Å². The Morgan fingerprint density at radius 3 is 2.58 bits per heavy atom. The lowest BCUT2D eigenvalue weighted by atomic mass is 10.2. The lowest BCUT2D eigenvalue weighted by Crippen LogP contribution is -2.32. The van der Waals surface area contributed by atoms with Gasteiger partial charge in [0, 0.05) is 22.7 Å². The molecule has 0 bridgehead atoms. The minimum Gasteiger partial charge on any atom is -0.355 e. The van der Waals surface area contributed by atoms with Crippen molar-refractivity contribution < 1.29 is 9.18 Å². The molecule has 0 saturated heterocycles. The summed E-state index contributed by atoms with van der Waals surface area (Å²) in [6.45, 7) is 2.43. The van der Waals surface area contributed by atoms with Crippen LogP contribution in [0.2, 0.25) is 0 Å². The molecule has 1 N–H and O–H groups in total. The number of thioether (sulfide) groups is 1. The Kier molecular flexibility index (Phi) is 6.79. The van der Waals surface area contributed by atoms with Crippen molar-refractivity contribution in [1.29, 1.82) is 0 Å². The molecule has 0 spiro atoms. The van der Waals surface area contributed by atoms with E-state index in [-0.39, 0.29) is 17.0 Å². The third-order valence-electron chi connectivity index (χ3n) is 4.65. The third-order valence-corrected chi connectivity index (χ3v) is 6.63. The van der Waals surface area contributed by atoms with Crippen molar-refractivity contribution in [1.82, 2.24) is 20.1 Å². The van der Waals surface area contributed by atoms with Gasteiger partial charge in [-0.25, -0.2) is 4.39 Å². The number of carbonyl (C=O) groups excluding carboxylic acids is 1. The lowest BCUT2D eigenvalue weighted by molar-refractivity contribution is -0.120. The van der Waals surface area contributed by atoms with E-state index in [0.29, 0.717) is 17.5 Å². The molecule has 4 rings (SSSR count). The van der Waals surface area contributed by atoms with Crippen LogP contribution >= 0.6 is 23.1 Å². The molecule has 2 aromatic heterocycles. The summed E-state index contributed by atoms with van der Waals surface area (Å²) in [4.78, 5) is 13.8. The zero-order valence-corrected chi connectivity index (χ0v) is 18.5. The summed E-state index contributed by atoms with van der Waals surface area (Å²) in [5.74, 6) is 0.266. The maximum absolute atomic E-state index is 13.5. The summed E-state index contributed by atoms with van der Waals surface area (Å²) < 4.78 is 15.3. The summed E-state index contributed by atoms with van der Waals surface area (Å²) in [6.07, 6.45) is 0.810. The smallest absolute Gasteiger partial charge is 0.233 e. The van der Waals surface area contributed by atoms with Gasteiger partial charge in [0.05, 0.1) is 5.25 Å². The minimum atomic E-state index is -0.365. The first-order valence-corrected chi connectivity index (χ1v) is 11.6. The second-order valence-corrected chi connectivity index (χ2v) is 9.20. The number of thiophene rings is 1. The highest BCUT2D eigenvalue weighted by atomic mass is 32.2. The van der Waals surface area contributed by atoms with Crippen LogP contribution in [0.1, 0.15) is 11.8 Å². The van der Waals surface area contributed by atoms with Crippen molar-refractivity contribution in [2.45, 2.75) is 23.8 Å². The molecule has 8 heteroatoms. The molecule has 2 heterocycles. The average molecular weight is 453 g/mol. The first-order chi connectivity index (χ1) is 15.1. The number of amides is 1. The topological polar surface area (TPSA) is 59.8 Å². The van der Waals surface area contributed by atoms with E-state index in [0.717, 1.165) is 17.7 Å². The van der Waals surface area contributed by atoms with Gasteiger partial charge in [-0.1, -0.05) is 48.2 Å². The summed E-state index contributed by atoms with van der Waals surface area (Å²) in [7, 11) is 0. The minimum absolute atomic E-state index is 0.0588. The molecule has 0 aliphatic carbocycles. The van der Waals surface area contributed by atoms with Crippen molar-refractivity contribution in [3.05, 3.63) is 82.8 Å². The molecule has 5 nitrogen and oxygen atoms in total. The molecule has 0 aliphatic rings. The van der Waals surface area contributed by atoms with Gasteiger partial charge in [-0.2, -0.15) is 0 Å². The van der Waals surface area contributed by atoms with Crippen LogP contribution in [0.3, 0.4) is 0 Å². The van der Waals surface area contributed by atoms with E-state index in [1.807, 2.05) is 53.3 Å². The van der Waals surface area contributed by atoms with Crippen LogP contribution in [0, 0.1) is 5.82 Å². The van der Waals surface area contributed by atoms with Crippen LogP contribution in [0.25, 0.3) is 17.1 Å². The highest BCUT2D eigenvalue weighted by Gasteiger charge is 2.21. The zero-order valence-electron chi connectivity index (χ0n) is 16.9. The van der Waals surface area contributed by atoms with Gasteiger partial charge in [-0.3, -0.25) is 9.36 Å². The molecule has 1 atom stereocenters. The van der Waals surface area contributed by atoms with E-state index in [1.54, 1.807) is 23.5 Å². The van der Waals surface area contributed by atoms with Crippen LogP contribution in [-0.2, 0) is 11.2 Å². The van der Waals surface area contributed by atoms with Crippen molar-refractivity contribution in [3.8, 4) is 17.1 Å². The molecule has 2 aromatic carbocycles. The van der Waals surface area contributed by atoms with Crippen molar-refractivity contribution >= 4 is 29.0 Å². The number of nitrogens with one attached hydrogen (secondary N) is 1. The van der Waals surface area contributed by atoms with Crippen LogP contribution in [0.5, 0.6) is 0 Å². The Morgan fingerprint density at radius 2 is 1.87 bits per heavy atom. The van der Waals surface area contributed by atoms with E-state index < -0.39 is 0 Å². The van der Waals surface area contributed by atoms with Crippen molar-refractivity contribution in [2.75, 3.05) is 6.54 Å². The quantitative estimate of drug-likeness (QED) is 0.383. The molecule has 31 heavy (non-hydrogen) atoms. The number of aromatic nitrogens is 3. The number of benzene rings is 2. The van der Waals surface area contributed by atoms with E-state index in [4.69, 9.17) is 0 Å². The molecule has 1 amide bonds. The van der Waals surface area contributed by atoms with Gasteiger partial charge in [0.15, 0.2) is 11.0 Å². The van der Waals surface area contributed by atoms with Gasteiger partial charge in [-0.15, -0.1) is 21.5 Å². The fourth-order valence-corrected chi connectivity index (χ4v) is 4.66. The van der Waals surface area contributed by atoms with Crippen LogP contribution in [0.4, 0.5) is 4.39 Å². The Bertz CT molecular complexity index is 1130. The maximum atomic E-state index is 13.5. The zero-order chi connectivity index (χ0) is 21.6. The second kappa shape index (κ2) is 9.89. The number of nitrogens with zero attached hydrogens (tertiary/aromatic N) is 3. The van der Waals surface area contributed by atoms with Crippen LogP contribution in [0.15, 0.2) is 77.3 Å². The summed E-state index contributed by atoms with van der Waals surface area (Å²) in [5.41, 5.74) is 1.62. The summed E-state index contributed by atoms with van der Waals surface area (Å²) in [6, 6.07) is 19.9. The molecular formula is C23H21FN4OS2. The van der Waals surface area contributed by atoms with Crippen LogP contribution in [-0.4, -0.2) is 32.5 Å². The van der Waals surface area contributed by atoms with E-state index in [2.05, 4.69) is 21.6 Å². The largest absolute Gasteiger partial charge is 0.355 e. The third kappa shape index (κ3) is 5.21. The second-order valence-electron chi connectivity index (χ2n) is 6.86. The predicted molar refractivity (Wildman–Crippen MR) is 123 cm³/mol. The van der Waals surface area contributed by atoms with Crippen molar-refractivity contribution in [3.63, 3.8) is 0 Å². The van der Waals surface area contributed by atoms with Gasteiger partial charge in [0.2, 0.25) is 5.91 Å². The van der Waals surface area contributed by atoms with Gasteiger partial charge in [0.1, 0.15) is 5.82 Å². The fraction of sp³-hybridized carbons (Fsp3) is 0.174. The monoisotopic (exact) mass is 452 g/mol. The normalized spacial score (nSPS) is 11.9. The first-order valence-electron chi connectivity index (χ1n) is 9.85. The predicted octanol–water partition coefficient (Wildman–Crippen LogP) is 4.97. The molecule has 0 saturated carbocycles. The Morgan fingerprint density at radius 1 is 1.10 bits per heavy atom. The Balaban J connectivity index is 1.54. The molecule has 4 aromatic rings. The highest BCUT2D eigenvalue weighted by molar-refractivity contribution is 8.00. The lowest BCUT2D eigenvalue weighted by Gasteiger charge is -2.14. The Hall–Kier alpha value is -2.97. The van der Waals surface area contributed by atoms with Gasteiger partial charge in [0.25, 0.3) is 0 Å². The standard InChI is InChI=1S/C23H21FN4OS2/c1-16(22(29)25-14-13-20-8-5-15-30-20)31-23-27-26-21(17-6-3-2-4-7-17)28(23)19-11-9-18(24)10-12-19/h2-12,15-16H,13-14H2,1H3,(H,25,29). The van der Waals surface area contributed by atoms with Crippen LogP contribution < -0.4 is 5.32 Å². The van der Waals surface area contributed by atoms with Gasteiger partial charge >= 0.3 is 0 Å². The highest BCUT2D eigenvalue weighted by Crippen LogP contribution is 2.30. The van der Waals surface area contributed by atoms with E-state index in [9.17, 15) is 9.18 Å².